The molecule has 0 heterocycles. The van der Waals surface area contributed by atoms with Crippen LogP contribution in [0.25, 0.3) is 0 Å². The summed E-state index contributed by atoms with van der Waals surface area (Å²) in [4.78, 5) is 38.0. The van der Waals surface area contributed by atoms with E-state index in [9.17, 15) is 14.4 Å². The Labute approximate surface area is 314 Å². The second kappa shape index (κ2) is 34.7. The Morgan fingerprint density at radius 3 is 0.882 bits per heavy atom. The third-order valence-corrected chi connectivity index (χ3v) is 10.2. The minimum atomic E-state index is -0.834. The average Bonchev–Trinajstić information content (AvgIpc) is 3.13. The van der Waals surface area contributed by atoms with Gasteiger partial charge in [-0.05, 0) is 25.0 Å². The van der Waals surface area contributed by atoms with Gasteiger partial charge in [0.05, 0.1) is 29.9 Å². The first-order valence-corrected chi connectivity index (χ1v) is 21.8. The third-order valence-electron chi connectivity index (χ3n) is 10.2. The Morgan fingerprint density at radius 2 is 0.647 bits per heavy atom. The van der Waals surface area contributed by atoms with Gasteiger partial charge in [0.15, 0.2) is 0 Å². The number of amides is 1. The molecule has 0 radical (unpaired) electrons. The van der Waals surface area contributed by atoms with Crippen LogP contribution in [-0.2, 0) is 9.47 Å². The van der Waals surface area contributed by atoms with Gasteiger partial charge in [-0.25, -0.2) is 9.59 Å². The van der Waals surface area contributed by atoms with E-state index >= 15 is 0 Å². The van der Waals surface area contributed by atoms with Gasteiger partial charge in [-0.1, -0.05) is 213 Å². The Bertz CT molecular complexity index is 925. The van der Waals surface area contributed by atoms with Gasteiger partial charge in [-0.2, -0.15) is 0 Å². The van der Waals surface area contributed by atoms with E-state index in [0.29, 0.717) is 0 Å². The molecule has 0 aliphatic rings. The summed E-state index contributed by atoms with van der Waals surface area (Å²) in [5.41, 5.74) is 5.56. The Kier molecular flexibility index (Phi) is 31.7. The van der Waals surface area contributed by atoms with Crippen molar-refractivity contribution in [1.82, 2.24) is 0 Å². The van der Waals surface area contributed by atoms with Crippen LogP contribution in [0.1, 0.15) is 250 Å². The molecule has 6 heteroatoms. The van der Waals surface area contributed by atoms with Gasteiger partial charge in [0, 0.05) is 0 Å². The fourth-order valence-electron chi connectivity index (χ4n) is 6.94. The average molecular weight is 714 g/mol. The number of unbranched alkanes of at least 4 members (excludes halogenated alkanes) is 30. The number of carbonyl (C=O) groups is 3. The van der Waals surface area contributed by atoms with Crippen molar-refractivity contribution < 1.29 is 23.9 Å². The first kappa shape index (κ1) is 46.7. The fourth-order valence-corrected chi connectivity index (χ4v) is 6.94. The highest BCUT2D eigenvalue weighted by Crippen LogP contribution is 2.19. The Balaban J connectivity index is 2.14. The van der Waals surface area contributed by atoms with Gasteiger partial charge in [-0.3, -0.25) is 4.79 Å². The summed E-state index contributed by atoms with van der Waals surface area (Å²) in [5, 5.41) is 0. The normalized spacial score (nSPS) is 11.2. The van der Waals surface area contributed by atoms with Crippen LogP contribution in [-0.4, -0.2) is 31.1 Å². The van der Waals surface area contributed by atoms with Crippen molar-refractivity contribution in [2.75, 3.05) is 13.2 Å². The maximum Gasteiger partial charge on any atom is 0.338 e. The van der Waals surface area contributed by atoms with E-state index in [1.807, 2.05) is 0 Å². The molecule has 0 saturated carbocycles. The zero-order valence-corrected chi connectivity index (χ0v) is 33.4. The number of carbonyl (C=O) groups excluding carboxylic acids is 3. The Morgan fingerprint density at radius 1 is 0.412 bits per heavy atom. The maximum atomic E-state index is 12.8. The summed E-state index contributed by atoms with van der Waals surface area (Å²) >= 11 is 0. The quantitative estimate of drug-likeness (QED) is 0.0547. The smallest absolute Gasteiger partial charge is 0.338 e. The largest absolute Gasteiger partial charge is 0.462 e. The molecule has 0 aliphatic heterocycles. The van der Waals surface area contributed by atoms with Crippen LogP contribution in [0, 0.1) is 0 Å². The molecule has 1 aromatic rings. The lowest BCUT2D eigenvalue weighted by Gasteiger charge is -2.12. The van der Waals surface area contributed by atoms with E-state index in [1.54, 1.807) is 6.07 Å². The molecule has 294 valence electrons. The molecule has 51 heavy (non-hydrogen) atoms. The van der Waals surface area contributed by atoms with Crippen LogP contribution in [0.5, 0.6) is 0 Å². The Hall–Kier alpha value is -2.37. The lowest BCUT2D eigenvalue weighted by Crippen LogP contribution is -2.23. The predicted octanol–water partition coefficient (Wildman–Crippen LogP) is 13.6. The van der Waals surface area contributed by atoms with Crippen molar-refractivity contribution in [3.8, 4) is 0 Å². The van der Waals surface area contributed by atoms with Crippen LogP contribution >= 0.6 is 0 Å². The summed E-state index contributed by atoms with van der Waals surface area (Å²) in [5.74, 6) is -2.09. The minimum Gasteiger partial charge on any atom is -0.462 e. The molecule has 0 spiro atoms. The molecule has 0 aliphatic carbocycles. The summed E-state index contributed by atoms with van der Waals surface area (Å²) in [7, 11) is 0. The van der Waals surface area contributed by atoms with E-state index in [1.165, 1.54) is 179 Å². The monoisotopic (exact) mass is 714 g/mol. The molecule has 2 N–H and O–H groups in total. The maximum absolute atomic E-state index is 12.8. The van der Waals surface area contributed by atoms with E-state index < -0.39 is 17.8 Å². The number of rotatable bonds is 37. The highest BCUT2D eigenvalue weighted by atomic mass is 16.5. The number of nitrogens with two attached hydrogens (primary N) is 1. The van der Waals surface area contributed by atoms with Gasteiger partial charge in [0.2, 0.25) is 5.91 Å². The van der Waals surface area contributed by atoms with E-state index in [4.69, 9.17) is 15.2 Å². The van der Waals surface area contributed by atoms with Gasteiger partial charge >= 0.3 is 11.9 Å². The van der Waals surface area contributed by atoms with Crippen LogP contribution in [0.15, 0.2) is 18.2 Å². The van der Waals surface area contributed by atoms with Crippen molar-refractivity contribution in [1.29, 1.82) is 0 Å². The summed E-state index contributed by atoms with van der Waals surface area (Å²) in [6, 6.07) is 4.55. The second-order valence-corrected chi connectivity index (χ2v) is 15.0. The highest BCUT2D eigenvalue weighted by molar-refractivity contribution is 6.11. The molecule has 0 fully saturated rings. The molecule has 0 aromatic heterocycles. The third kappa shape index (κ3) is 26.1. The first-order valence-electron chi connectivity index (χ1n) is 21.8. The van der Waals surface area contributed by atoms with Gasteiger partial charge in [-0.15, -0.1) is 0 Å². The zero-order valence-electron chi connectivity index (χ0n) is 33.4. The lowest BCUT2D eigenvalue weighted by atomic mass is 10.0. The fraction of sp³-hybridized carbons (Fsp3) is 0.800. The standard InChI is InChI=1S/C45H79NO5/c1-3-5-7-9-11-13-15-17-19-21-23-25-27-29-31-33-38-50-44(48)40-36-35-37-41(42(40)43(46)47)45(49)51-39-34-32-30-28-26-24-22-20-18-16-14-12-10-8-6-4-2/h35-37H,3-34,38-39H2,1-2H3,(H2,46,47). The van der Waals surface area contributed by atoms with Crippen LogP contribution in [0.2, 0.25) is 0 Å². The molecule has 0 saturated heterocycles. The van der Waals surface area contributed by atoms with Crippen molar-refractivity contribution in [3.05, 3.63) is 34.9 Å². The van der Waals surface area contributed by atoms with Gasteiger partial charge in [0.25, 0.3) is 0 Å². The number of esters is 2. The van der Waals surface area contributed by atoms with Crippen molar-refractivity contribution in [2.45, 2.75) is 219 Å². The lowest BCUT2D eigenvalue weighted by molar-refractivity contribution is 0.0490. The molecular formula is C45H79NO5. The zero-order chi connectivity index (χ0) is 37.0. The topological polar surface area (TPSA) is 95.7 Å². The van der Waals surface area contributed by atoms with Crippen LogP contribution < -0.4 is 5.73 Å². The first-order chi connectivity index (χ1) is 25.0. The summed E-state index contributed by atoms with van der Waals surface area (Å²) < 4.78 is 10.9. The molecule has 0 atom stereocenters. The van der Waals surface area contributed by atoms with E-state index in [-0.39, 0.29) is 29.9 Å². The van der Waals surface area contributed by atoms with E-state index in [0.717, 1.165) is 38.5 Å². The summed E-state index contributed by atoms with van der Waals surface area (Å²) in [6.45, 7) is 5.10. The molecular weight excluding hydrogens is 634 g/mol. The minimum absolute atomic E-state index is 0.0239. The molecule has 1 amide bonds. The second-order valence-electron chi connectivity index (χ2n) is 15.0. The van der Waals surface area contributed by atoms with Crippen LogP contribution in [0.3, 0.4) is 0 Å². The number of primary amides is 1. The molecule has 1 aromatic carbocycles. The van der Waals surface area contributed by atoms with Crippen molar-refractivity contribution >= 4 is 17.8 Å². The number of hydrogen-bond donors (Lipinski definition) is 1. The number of hydrogen-bond acceptors (Lipinski definition) is 5. The molecule has 1 rings (SSSR count). The van der Waals surface area contributed by atoms with Crippen LogP contribution in [0.4, 0.5) is 0 Å². The SMILES string of the molecule is CCCCCCCCCCCCCCCCCCOC(=O)c1cccc(C(=O)OCCCCCCCCCCCCCCCCCC)c1C(N)=O. The van der Waals surface area contributed by atoms with Gasteiger partial charge < -0.3 is 15.2 Å². The molecule has 6 nitrogen and oxygen atoms in total. The van der Waals surface area contributed by atoms with E-state index in [2.05, 4.69) is 13.8 Å². The number of benzene rings is 1. The van der Waals surface area contributed by atoms with Gasteiger partial charge in [0.1, 0.15) is 0 Å². The summed E-state index contributed by atoms with van der Waals surface area (Å²) in [6.07, 6.45) is 40.9. The molecule has 0 bridgehead atoms. The molecule has 0 unspecified atom stereocenters. The number of ether oxygens (including phenoxy) is 2. The highest BCUT2D eigenvalue weighted by Gasteiger charge is 2.24. The van der Waals surface area contributed by atoms with Crippen molar-refractivity contribution in [2.24, 2.45) is 5.73 Å². The van der Waals surface area contributed by atoms with Crippen molar-refractivity contribution in [3.63, 3.8) is 0 Å². The predicted molar refractivity (Wildman–Crippen MR) is 215 cm³/mol.